The van der Waals surface area contributed by atoms with Crippen molar-refractivity contribution in [1.29, 1.82) is 0 Å². The number of nitrogens with zero attached hydrogens (tertiary/aromatic N) is 1. The van der Waals surface area contributed by atoms with Crippen molar-refractivity contribution in [2.24, 2.45) is 5.73 Å². The third-order valence-electron chi connectivity index (χ3n) is 4.42. The molecule has 2 atom stereocenters. The van der Waals surface area contributed by atoms with Crippen molar-refractivity contribution < 1.29 is 19.1 Å². The molecule has 0 bridgehead atoms. The Labute approximate surface area is 159 Å². The Morgan fingerprint density at radius 3 is 2.63 bits per heavy atom. The lowest BCUT2D eigenvalue weighted by molar-refractivity contribution is -0.129. The zero-order valence-electron chi connectivity index (χ0n) is 15.8. The third-order valence-corrected chi connectivity index (χ3v) is 4.42. The van der Waals surface area contributed by atoms with Crippen molar-refractivity contribution in [2.45, 2.75) is 51.8 Å². The molecule has 1 aromatic carbocycles. The van der Waals surface area contributed by atoms with Crippen molar-refractivity contribution in [2.75, 3.05) is 6.54 Å². The van der Waals surface area contributed by atoms with E-state index in [1.807, 2.05) is 50.3 Å². The topological polar surface area (TPSA) is 102 Å². The fourth-order valence-corrected chi connectivity index (χ4v) is 2.93. The molecular formula is C20H27N3O4. The maximum absolute atomic E-state index is 12.6. The second-order valence-electron chi connectivity index (χ2n) is 6.87. The van der Waals surface area contributed by atoms with Gasteiger partial charge in [-0.25, -0.2) is 4.79 Å². The lowest BCUT2D eigenvalue weighted by Gasteiger charge is -2.25. The summed E-state index contributed by atoms with van der Waals surface area (Å²) in [6, 6.07) is 7.90. The summed E-state index contributed by atoms with van der Waals surface area (Å²) in [6.07, 6.45) is 2.87. The van der Waals surface area contributed by atoms with Crippen LogP contribution in [0.3, 0.4) is 0 Å². The monoisotopic (exact) mass is 373 g/mol. The first kappa shape index (κ1) is 20.5. The molecule has 2 rings (SSSR count). The molecule has 0 unspecified atom stereocenters. The number of rotatable bonds is 7. The quantitative estimate of drug-likeness (QED) is 0.715. The minimum absolute atomic E-state index is 0.148. The number of carbonyl (C=O) groups is 3. The minimum atomic E-state index is -0.796. The van der Waals surface area contributed by atoms with Gasteiger partial charge in [-0.15, -0.1) is 0 Å². The maximum Gasteiger partial charge on any atom is 0.410 e. The number of allylic oxidation sites excluding steroid dienone is 1. The average molecular weight is 373 g/mol. The molecule has 1 aliphatic rings. The lowest BCUT2D eigenvalue weighted by Crippen LogP contribution is -2.52. The highest BCUT2D eigenvalue weighted by atomic mass is 16.6. The molecule has 1 aliphatic heterocycles. The summed E-state index contributed by atoms with van der Waals surface area (Å²) in [5.41, 5.74) is 7.29. The van der Waals surface area contributed by atoms with Gasteiger partial charge in [-0.05, 0) is 38.7 Å². The van der Waals surface area contributed by atoms with E-state index in [2.05, 4.69) is 5.32 Å². The third kappa shape index (κ3) is 6.13. The molecule has 27 heavy (non-hydrogen) atoms. The molecule has 7 heteroatoms. The summed E-state index contributed by atoms with van der Waals surface area (Å²) in [7, 11) is 0. The van der Waals surface area contributed by atoms with Crippen LogP contribution in [0, 0.1) is 0 Å². The average Bonchev–Trinajstić information content (AvgIpc) is 3.13. The van der Waals surface area contributed by atoms with E-state index in [1.165, 1.54) is 4.90 Å². The van der Waals surface area contributed by atoms with E-state index in [0.717, 1.165) is 11.1 Å². The van der Waals surface area contributed by atoms with E-state index < -0.39 is 24.1 Å². The summed E-state index contributed by atoms with van der Waals surface area (Å²) in [5, 5.41) is 2.66. The molecule has 1 heterocycles. The predicted octanol–water partition coefficient (Wildman–Crippen LogP) is 2.11. The molecule has 1 saturated heterocycles. The van der Waals surface area contributed by atoms with Crippen LogP contribution in [0.15, 0.2) is 42.0 Å². The summed E-state index contributed by atoms with van der Waals surface area (Å²) < 4.78 is 5.33. The maximum atomic E-state index is 12.6. The fourth-order valence-electron chi connectivity index (χ4n) is 2.93. The number of nitrogens with one attached hydrogen (secondary N) is 1. The van der Waals surface area contributed by atoms with Crippen molar-refractivity contribution in [3.63, 3.8) is 0 Å². The van der Waals surface area contributed by atoms with Gasteiger partial charge in [0.1, 0.15) is 18.7 Å². The minimum Gasteiger partial charge on any atom is -0.445 e. The standard InChI is InChI=1S/C20H27N3O4/c1-14(2)10-11-16(18(21)24)22-19(25)17-9-6-12-23(17)20(26)27-13-15-7-4-3-5-8-15/h3-5,7-8,10,16-17H,6,9,11-13H2,1-2H3,(H2,21,24)(H,22,25)/t16-,17-/m1/s1. The molecule has 0 radical (unpaired) electrons. The summed E-state index contributed by atoms with van der Waals surface area (Å²) in [5.74, 6) is -0.979. The van der Waals surface area contributed by atoms with E-state index in [9.17, 15) is 14.4 Å². The van der Waals surface area contributed by atoms with Gasteiger partial charge in [0.05, 0.1) is 0 Å². The van der Waals surface area contributed by atoms with E-state index in [0.29, 0.717) is 25.8 Å². The van der Waals surface area contributed by atoms with Gasteiger partial charge in [0.25, 0.3) is 0 Å². The molecule has 3 N–H and O–H groups in total. The number of hydrogen-bond acceptors (Lipinski definition) is 4. The van der Waals surface area contributed by atoms with Crippen molar-refractivity contribution in [1.82, 2.24) is 10.2 Å². The first-order valence-corrected chi connectivity index (χ1v) is 9.09. The fraction of sp³-hybridized carbons (Fsp3) is 0.450. The molecule has 0 aromatic heterocycles. The normalized spacial score (nSPS) is 17.1. The van der Waals surface area contributed by atoms with Gasteiger partial charge in [-0.3, -0.25) is 14.5 Å². The number of primary amides is 1. The second-order valence-corrected chi connectivity index (χ2v) is 6.87. The highest BCUT2D eigenvalue weighted by Crippen LogP contribution is 2.19. The highest BCUT2D eigenvalue weighted by molar-refractivity contribution is 5.91. The predicted molar refractivity (Wildman–Crippen MR) is 102 cm³/mol. The second kappa shape index (κ2) is 9.75. The van der Waals surface area contributed by atoms with Crippen molar-refractivity contribution in [3.05, 3.63) is 47.5 Å². The van der Waals surface area contributed by atoms with Gasteiger partial charge in [-0.1, -0.05) is 42.0 Å². The lowest BCUT2D eigenvalue weighted by atomic mass is 10.1. The number of benzene rings is 1. The van der Waals surface area contributed by atoms with Gasteiger partial charge < -0.3 is 15.8 Å². The summed E-state index contributed by atoms with van der Waals surface area (Å²) >= 11 is 0. The zero-order chi connectivity index (χ0) is 19.8. The van der Waals surface area contributed by atoms with Gasteiger partial charge >= 0.3 is 6.09 Å². The molecule has 0 aliphatic carbocycles. The van der Waals surface area contributed by atoms with E-state index in [-0.39, 0.29) is 12.5 Å². The first-order valence-electron chi connectivity index (χ1n) is 9.09. The Kier molecular flexibility index (Phi) is 7.40. The number of ether oxygens (including phenoxy) is 1. The Bertz CT molecular complexity index is 698. The number of amides is 3. The van der Waals surface area contributed by atoms with Crippen molar-refractivity contribution >= 4 is 17.9 Å². The van der Waals surface area contributed by atoms with E-state index in [4.69, 9.17) is 10.5 Å². The summed E-state index contributed by atoms with van der Waals surface area (Å²) in [6.45, 7) is 4.40. The summed E-state index contributed by atoms with van der Waals surface area (Å²) in [4.78, 5) is 38.0. The SMILES string of the molecule is CC(C)=CC[C@@H](NC(=O)[C@H]1CCCN1C(=O)OCc1ccccc1)C(N)=O. The highest BCUT2D eigenvalue weighted by Gasteiger charge is 2.36. The van der Waals surface area contributed by atoms with Crippen LogP contribution < -0.4 is 11.1 Å². The molecule has 0 spiro atoms. The van der Waals surface area contributed by atoms with Crippen LogP contribution in [-0.2, 0) is 20.9 Å². The van der Waals surface area contributed by atoms with Crippen molar-refractivity contribution in [3.8, 4) is 0 Å². The largest absolute Gasteiger partial charge is 0.445 e. The van der Waals surface area contributed by atoms with Crippen LogP contribution in [0.1, 0.15) is 38.7 Å². The molecule has 3 amide bonds. The first-order chi connectivity index (χ1) is 12.9. The van der Waals surface area contributed by atoms with Crippen LogP contribution >= 0.6 is 0 Å². The molecular weight excluding hydrogens is 346 g/mol. The van der Waals surface area contributed by atoms with Gasteiger partial charge in [0.15, 0.2) is 0 Å². The smallest absolute Gasteiger partial charge is 0.410 e. The van der Waals surface area contributed by atoms with Gasteiger partial charge in [-0.2, -0.15) is 0 Å². The molecule has 7 nitrogen and oxygen atoms in total. The molecule has 1 aromatic rings. The van der Waals surface area contributed by atoms with Crippen LogP contribution in [0.2, 0.25) is 0 Å². The van der Waals surface area contributed by atoms with Gasteiger partial charge in [0.2, 0.25) is 11.8 Å². The van der Waals surface area contributed by atoms with Crippen LogP contribution in [0.4, 0.5) is 4.79 Å². The molecule has 146 valence electrons. The Morgan fingerprint density at radius 2 is 2.00 bits per heavy atom. The number of hydrogen-bond donors (Lipinski definition) is 2. The zero-order valence-corrected chi connectivity index (χ0v) is 15.8. The van der Waals surface area contributed by atoms with Crippen LogP contribution in [-0.4, -0.2) is 41.4 Å². The number of nitrogens with two attached hydrogens (primary N) is 1. The van der Waals surface area contributed by atoms with E-state index in [1.54, 1.807) is 0 Å². The molecule has 0 saturated carbocycles. The number of carbonyl (C=O) groups excluding carboxylic acids is 3. The van der Waals surface area contributed by atoms with Gasteiger partial charge in [0, 0.05) is 6.54 Å². The molecule has 1 fully saturated rings. The van der Waals surface area contributed by atoms with Crippen LogP contribution in [0.25, 0.3) is 0 Å². The Morgan fingerprint density at radius 1 is 1.30 bits per heavy atom. The number of likely N-dealkylation sites (tertiary alicyclic amines) is 1. The van der Waals surface area contributed by atoms with E-state index >= 15 is 0 Å². The Hall–Kier alpha value is -2.83. The van der Waals surface area contributed by atoms with Crippen LogP contribution in [0.5, 0.6) is 0 Å². The Balaban J connectivity index is 1.95.